The van der Waals surface area contributed by atoms with Gasteiger partial charge in [-0.2, -0.15) is 4.57 Å². The molecule has 0 spiro atoms. The predicted molar refractivity (Wildman–Crippen MR) is 51.6 cm³/mol. The Kier molecular flexibility index (Phi) is 2.78. The maximum atomic E-state index is 11.0. The molecular formula is C10H12N2O4+2. The van der Waals surface area contributed by atoms with Crippen LogP contribution < -0.4 is 10.3 Å². The van der Waals surface area contributed by atoms with Gasteiger partial charge in [-0.25, -0.2) is 0 Å². The van der Waals surface area contributed by atoms with Crippen LogP contribution in [0, 0.1) is 6.61 Å². The van der Waals surface area contributed by atoms with E-state index in [4.69, 9.17) is 10.5 Å². The normalized spacial score (nSPS) is 28.8. The van der Waals surface area contributed by atoms with E-state index in [0.717, 1.165) is 6.61 Å². The zero-order valence-electron chi connectivity index (χ0n) is 8.35. The van der Waals surface area contributed by atoms with Crippen molar-refractivity contribution in [2.45, 2.75) is 18.4 Å². The van der Waals surface area contributed by atoms with Crippen LogP contribution in [0.4, 0.5) is 0 Å². The van der Waals surface area contributed by atoms with E-state index < -0.39 is 24.3 Å². The molecule has 0 bridgehead atoms. The Morgan fingerprint density at radius 1 is 1.56 bits per heavy atom. The summed E-state index contributed by atoms with van der Waals surface area (Å²) in [6, 6.07) is 3.17. The molecule has 1 fully saturated rings. The molecule has 1 aliphatic heterocycles. The highest BCUT2D eigenvalue weighted by Crippen LogP contribution is 2.21. The van der Waals surface area contributed by atoms with Gasteiger partial charge in [0.05, 0.1) is 0 Å². The van der Waals surface area contributed by atoms with Gasteiger partial charge >= 0.3 is 6.23 Å². The molecule has 3 atom stereocenters. The van der Waals surface area contributed by atoms with E-state index >= 15 is 0 Å². The number of rotatable bonds is 2. The van der Waals surface area contributed by atoms with Gasteiger partial charge in [0.15, 0.2) is 12.4 Å². The zero-order chi connectivity index (χ0) is 11.7. The van der Waals surface area contributed by atoms with Crippen molar-refractivity contribution >= 4 is 5.91 Å². The van der Waals surface area contributed by atoms with E-state index in [-0.39, 0.29) is 0 Å². The number of ether oxygens (including phenoxy) is 1. The number of amides is 1. The van der Waals surface area contributed by atoms with Crippen molar-refractivity contribution in [3.05, 3.63) is 36.7 Å². The number of aromatic nitrogens is 1. The second kappa shape index (κ2) is 4.09. The molecule has 0 aliphatic carbocycles. The van der Waals surface area contributed by atoms with Crippen LogP contribution in [0.15, 0.2) is 24.5 Å². The Hall–Kier alpha value is -1.63. The Labute approximate surface area is 91.9 Å². The van der Waals surface area contributed by atoms with Crippen LogP contribution in [0.5, 0.6) is 0 Å². The largest absolute Gasteiger partial charge is 0.377 e. The Morgan fingerprint density at radius 3 is 2.88 bits per heavy atom. The first-order chi connectivity index (χ1) is 7.59. The summed E-state index contributed by atoms with van der Waals surface area (Å²) in [4.78, 5) is 11.0. The molecule has 0 aromatic carbocycles. The minimum absolute atomic E-state index is 0.305. The SMILES string of the molecule is NC(=O)c1ccc[n+]([C@@H]2O[CH+][C@@H](O)[C@H]2O)c1. The quantitative estimate of drug-likeness (QED) is 0.420. The third-order valence-corrected chi connectivity index (χ3v) is 2.40. The molecule has 16 heavy (non-hydrogen) atoms. The summed E-state index contributed by atoms with van der Waals surface area (Å²) in [6.07, 6.45) is 0.242. The topological polar surface area (TPSA) is 96.7 Å². The highest BCUT2D eigenvalue weighted by Gasteiger charge is 2.50. The number of primary amides is 1. The van der Waals surface area contributed by atoms with Gasteiger partial charge in [0.25, 0.3) is 18.6 Å². The van der Waals surface area contributed by atoms with E-state index in [1.165, 1.54) is 10.8 Å². The van der Waals surface area contributed by atoms with Gasteiger partial charge in [-0.3, -0.25) is 4.79 Å². The molecule has 0 unspecified atom stereocenters. The van der Waals surface area contributed by atoms with Crippen LogP contribution in [0.1, 0.15) is 16.6 Å². The van der Waals surface area contributed by atoms with Gasteiger partial charge in [0.2, 0.25) is 6.10 Å². The summed E-state index contributed by atoms with van der Waals surface area (Å²) in [5.41, 5.74) is 5.44. The van der Waals surface area contributed by atoms with Crippen LogP contribution >= 0.6 is 0 Å². The Bertz CT molecular complexity index is 410. The average molecular weight is 224 g/mol. The molecule has 1 aromatic heterocycles. The molecular weight excluding hydrogens is 212 g/mol. The zero-order valence-corrected chi connectivity index (χ0v) is 8.35. The second-order valence-electron chi connectivity index (χ2n) is 3.55. The molecule has 1 aliphatic rings. The summed E-state index contributed by atoms with van der Waals surface area (Å²) in [5.74, 6) is -0.564. The smallest absolute Gasteiger partial charge is 0.338 e. The number of aliphatic hydroxyl groups excluding tert-OH is 2. The summed E-state index contributed by atoms with van der Waals surface area (Å²) >= 11 is 0. The summed E-state index contributed by atoms with van der Waals surface area (Å²) in [6.45, 7) is 1.15. The third-order valence-electron chi connectivity index (χ3n) is 2.40. The van der Waals surface area contributed by atoms with E-state index in [9.17, 15) is 15.0 Å². The van der Waals surface area contributed by atoms with Crippen LogP contribution in [0.25, 0.3) is 0 Å². The van der Waals surface area contributed by atoms with Crippen molar-refractivity contribution in [3.63, 3.8) is 0 Å². The maximum absolute atomic E-state index is 11.0. The molecule has 1 aromatic rings. The van der Waals surface area contributed by atoms with Crippen molar-refractivity contribution in [1.29, 1.82) is 0 Å². The molecule has 1 saturated heterocycles. The molecule has 84 valence electrons. The molecule has 0 radical (unpaired) electrons. The fourth-order valence-electron chi connectivity index (χ4n) is 1.53. The van der Waals surface area contributed by atoms with Crippen molar-refractivity contribution < 1.29 is 24.3 Å². The van der Waals surface area contributed by atoms with Crippen molar-refractivity contribution in [1.82, 2.24) is 0 Å². The molecule has 2 heterocycles. The lowest BCUT2D eigenvalue weighted by atomic mass is 10.2. The van der Waals surface area contributed by atoms with Crippen molar-refractivity contribution in [2.75, 3.05) is 0 Å². The maximum Gasteiger partial charge on any atom is 0.338 e. The van der Waals surface area contributed by atoms with Crippen LogP contribution in [-0.2, 0) is 4.74 Å². The minimum Gasteiger partial charge on any atom is -0.377 e. The third kappa shape index (κ3) is 1.85. The first-order valence-electron chi connectivity index (χ1n) is 4.75. The van der Waals surface area contributed by atoms with E-state index in [0.29, 0.717) is 5.56 Å². The molecule has 1 amide bonds. The minimum atomic E-state index is -1.06. The monoisotopic (exact) mass is 224 g/mol. The average Bonchev–Trinajstić information content (AvgIpc) is 2.60. The van der Waals surface area contributed by atoms with E-state index in [1.54, 1.807) is 18.3 Å². The summed E-state index contributed by atoms with van der Waals surface area (Å²) < 4.78 is 6.57. The van der Waals surface area contributed by atoms with Gasteiger partial charge in [-0.1, -0.05) is 0 Å². The number of pyridine rings is 1. The lowest BCUT2D eigenvalue weighted by molar-refractivity contribution is -0.763. The highest BCUT2D eigenvalue weighted by molar-refractivity contribution is 5.92. The molecule has 6 heteroatoms. The van der Waals surface area contributed by atoms with Gasteiger partial charge in [0, 0.05) is 6.07 Å². The lowest BCUT2D eigenvalue weighted by Crippen LogP contribution is -2.46. The molecule has 6 nitrogen and oxygen atoms in total. The first kappa shape index (κ1) is 10.9. The highest BCUT2D eigenvalue weighted by atomic mass is 16.5. The second-order valence-corrected chi connectivity index (χ2v) is 3.55. The fraction of sp³-hybridized carbons (Fsp3) is 0.300. The first-order valence-corrected chi connectivity index (χ1v) is 4.75. The standard InChI is InChI=1S/C10H11N2O4/c11-9(15)6-2-1-3-12(4-6)10-8(14)7(13)5-16-10/h1-5,7-8,10,13-14H,(H-,11,15)/q+1/p+1/t7-,8-,10-/m1/s1. The number of carbonyl (C=O) groups is 1. The van der Waals surface area contributed by atoms with E-state index in [1.807, 2.05) is 0 Å². The number of aliphatic hydroxyl groups is 2. The Balaban J connectivity index is 2.27. The number of hydrogen-bond donors (Lipinski definition) is 3. The molecule has 0 saturated carbocycles. The van der Waals surface area contributed by atoms with Gasteiger partial charge in [-0.15, -0.1) is 4.74 Å². The number of hydrogen-bond acceptors (Lipinski definition) is 4. The van der Waals surface area contributed by atoms with Crippen LogP contribution in [0.3, 0.4) is 0 Å². The van der Waals surface area contributed by atoms with Crippen molar-refractivity contribution in [2.24, 2.45) is 5.73 Å². The predicted octanol–water partition coefficient (Wildman–Crippen LogP) is -1.51. The van der Waals surface area contributed by atoms with Gasteiger partial charge in [-0.05, 0) is 6.07 Å². The summed E-state index contributed by atoms with van der Waals surface area (Å²) in [7, 11) is 0. The van der Waals surface area contributed by atoms with Crippen LogP contribution in [0.2, 0.25) is 0 Å². The van der Waals surface area contributed by atoms with Gasteiger partial charge < -0.3 is 15.9 Å². The number of nitrogens with two attached hydrogens (primary N) is 1. The molecule has 4 N–H and O–H groups in total. The molecule has 2 rings (SSSR count). The summed E-state index contributed by atoms with van der Waals surface area (Å²) in [5, 5.41) is 18.9. The van der Waals surface area contributed by atoms with Crippen molar-refractivity contribution in [3.8, 4) is 0 Å². The van der Waals surface area contributed by atoms with Crippen LogP contribution in [-0.4, -0.2) is 28.3 Å². The fourth-order valence-corrected chi connectivity index (χ4v) is 1.53. The lowest BCUT2D eigenvalue weighted by Gasteiger charge is -2.05. The van der Waals surface area contributed by atoms with E-state index in [2.05, 4.69) is 0 Å². The van der Waals surface area contributed by atoms with Gasteiger partial charge in [0.1, 0.15) is 5.56 Å². The number of carbonyl (C=O) groups excluding carboxylic acids is 1. The number of nitrogens with zero attached hydrogens (tertiary/aromatic N) is 1. The Morgan fingerprint density at radius 2 is 2.31 bits per heavy atom.